The molecule has 0 aliphatic carbocycles. The fraction of sp³-hybridized carbons (Fsp3) is 0.935. The van der Waals surface area contributed by atoms with Crippen molar-refractivity contribution < 1.29 is 222 Å². The average molecular weight is 1510 g/mol. The van der Waals surface area contributed by atoms with Gasteiger partial charge in [0.1, 0.15) is 104 Å². The zero-order valence-corrected chi connectivity index (χ0v) is 50.5. The molecule has 52 nitrogen and oxygen atoms in total. The van der Waals surface area contributed by atoms with Crippen molar-refractivity contribution in [3.8, 4) is 0 Å². The lowest BCUT2D eigenvalue weighted by atomic mass is 9.94. The third kappa shape index (κ3) is 22.9. The number of nitrogens with one attached hydrogen (secondary N) is 3. The molecule has 5 heterocycles. The highest BCUT2D eigenvalue weighted by Crippen LogP contribution is 2.39. The summed E-state index contributed by atoms with van der Waals surface area (Å²) >= 11 is 0. The van der Waals surface area contributed by atoms with Gasteiger partial charge >= 0.3 is 94.8 Å². The Bertz CT molecular complexity index is 3490. The van der Waals surface area contributed by atoms with E-state index in [4.69, 9.17) is 51.9 Å². The number of hydrogen-bond donors (Lipinski definition) is 19. The molecule has 0 aromatic rings. The largest absolute Gasteiger partial charge is 0.479 e. The van der Waals surface area contributed by atoms with Crippen LogP contribution in [0.5, 0.6) is 0 Å². The second-order valence-corrected chi connectivity index (χ2v) is 27.6. The number of rotatable bonds is 30. The van der Waals surface area contributed by atoms with Crippen LogP contribution in [0.1, 0.15) is 0 Å². The Morgan fingerprint density at radius 3 is 1.13 bits per heavy atom. The third-order valence-corrected chi connectivity index (χ3v) is 16.4. The molecule has 0 bridgehead atoms. The normalized spacial score (nSPS) is 38.6. The Kier molecular flexibility index (Phi) is 26.0. The quantitative estimate of drug-likeness (QED) is 0.0297. The van der Waals surface area contributed by atoms with Gasteiger partial charge in [0.2, 0.25) is 0 Å². The van der Waals surface area contributed by atoms with Gasteiger partial charge in [0, 0.05) is 7.11 Å². The molecule has 5 rings (SSSR count). The maximum Gasteiger partial charge on any atom is 0.397 e. The first-order valence-electron chi connectivity index (χ1n) is 23.5. The highest BCUT2D eigenvalue weighted by Gasteiger charge is 2.61. The van der Waals surface area contributed by atoms with Crippen LogP contribution in [-0.2, 0) is 161 Å². The molecule has 534 valence electrons. The standard InChI is InChI=1S/C31H53N3O49S8/c1-69-27-9(33-85(48,49)50)13(37)17(6(74-27)3-71-88(57,58)59)76-31-22(83-91(66,67)68)16(40)21(24(81-31)26(43)44)79-29-10(34-86(51,52)53)19(82-90(63,64)65)18(7(75-29)4-72-89(60,61)62)77-30-15(39)14(38)20(23(80-30)25(41)42)78-28-8(32-84(45,46)47)12(36)11(35)5(73-28)2-70-87(54,55)56/h5-24,27-40H,2-4H2,1H3,(H,41,42)(H,43,44)(H,45,46,47)(H,48,49,50)(H,51,52,53)(H,54,55,56)(H,57,58,59)(H,60,61,62)(H,63,64,65)(H,66,67,68)/t5-,6-,7-,8-,9-,10-,11-,12-,13-,14-,15-,16+,17-,18-,19-,20+,21+,22-,23+,24-,27+,28-,29-,30-,31-/m1/s1. The van der Waals surface area contributed by atoms with Crippen LogP contribution in [-0.4, -0.2) is 337 Å². The number of aliphatic carboxylic acids is 2. The van der Waals surface area contributed by atoms with Crippen LogP contribution in [0.3, 0.4) is 0 Å². The second kappa shape index (κ2) is 29.9. The lowest BCUT2D eigenvalue weighted by Gasteiger charge is -2.50. The molecule has 91 heavy (non-hydrogen) atoms. The minimum atomic E-state index is -6.36. The van der Waals surface area contributed by atoms with Gasteiger partial charge in [-0.3, -0.25) is 36.4 Å². The predicted molar refractivity (Wildman–Crippen MR) is 262 cm³/mol. The van der Waals surface area contributed by atoms with Gasteiger partial charge in [0.15, 0.2) is 49.8 Å². The molecule has 0 spiro atoms. The summed E-state index contributed by atoms with van der Waals surface area (Å²) in [5, 5.41) is 87.8. The van der Waals surface area contributed by atoms with Crippen LogP contribution in [0.25, 0.3) is 0 Å². The fourth-order valence-electron chi connectivity index (χ4n) is 8.98. The zero-order chi connectivity index (χ0) is 69.4. The van der Waals surface area contributed by atoms with E-state index < -0.39 is 268 Å². The number of carboxylic acid groups (broad SMARTS) is 2. The van der Waals surface area contributed by atoms with Gasteiger partial charge < -0.3 is 88.2 Å². The van der Waals surface area contributed by atoms with Gasteiger partial charge in [0.25, 0.3) is 0 Å². The molecule has 5 aliphatic heterocycles. The lowest BCUT2D eigenvalue weighted by Crippen LogP contribution is -2.71. The first-order valence-corrected chi connectivity index (χ1v) is 34.7. The van der Waals surface area contributed by atoms with Gasteiger partial charge in [-0.15, -0.1) is 0 Å². The molecule has 0 aromatic heterocycles. The number of ether oxygens (including phenoxy) is 10. The molecule has 0 saturated carbocycles. The topological polar surface area (TPSA) is 805 Å². The molecule has 0 radical (unpaired) electrons. The maximum absolute atomic E-state index is 13.0. The Hall–Kier alpha value is -2.74. The summed E-state index contributed by atoms with van der Waals surface area (Å²) in [6.45, 7) is -5.06. The van der Waals surface area contributed by atoms with Gasteiger partial charge in [0.05, 0.1) is 19.8 Å². The van der Waals surface area contributed by atoms with Crippen LogP contribution < -0.4 is 14.2 Å². The smallest absolute Gasteiger partial charge is 0.397 e. The van der Waals surface area contributed by atoms with Crippen LogP contribution in [0, 0.1) is 0 Å². The van der Waals surface area contributed by atoms with Crippen molar-refractivity contribution >= 4 is 94.8 Å². The van der Waals surface area contributed by atoms with E-state index in [2.05, 4.69) is 20.9 Å². The summed E-state index contributed by atoms with van der Waals surface area (Å²) in [7, 11) is -45.9. The third-order valence-electron chi connectivity index (χ3n) is 12.4. The summed E-state index contributed by atoms with van der Waals surface area (Å²) in [5.74, 6) is -4.91. The number of aliphatic hydroxyl groups excluding tert-OH is 6. The number of hydrogen-bond acceptors (Lipinski definition) is 39. The van der Waals surface area contributed by atoms with E-state index in [1.165, 1.54) is 9.44 Å². The first kappa shape index (κ1) is 79.0. The fourth-order valence-corrected chi connectivity index (χ4v) is 12.7. The van der Waals surface area contributed by atoms with Crippen LogP contribution >= 0.6 is 0 Å². The zero-order valence-electron chi connectivity index (χ0n) is 43.9. The first-order chi connectivity index (χ1) is 41.2. The molecule has 5 fully saturated rings. The van der Waals surface area contributed by atoms with E-state index in [-0.39, 0.29) is 0 Å². The Labute approximate surface area is 509 Å². The summed E-state index contributed by atoms with van der Waals surface area (Å²) in [5.41, 5.74) is 0. The maximum atomic E-state index is 13.0. The highest BCUT2D eigenvalue weighted by molar-refractivity contribution is 7.84. The monoisotopic (exact) mass is 1510 g/mol. The summed E-state index contributed by atoms with van der Waals surface area (Å²) in [4.78, 5) is 25.8. The van der Waals surface area contributed by atoms with E-state index in [0.717, 1.165) is 11.8 Å². The molecule has 5 aliphatic rings. The van der Waals surface area contributed by atoms with E-state index in [0.29, 0.717) is 0 Å². The van der Waals surface area contributed by atoms with Crippen molar-refractivity contribution in [3.05, 3.63) is 0 Å². The summed E-state index contributed by atoms with van der Waals surface area (Å²) < 4.78 is 346. The minimum absolute atomic E-state index is 0.735. The highest BCUT2D eigenvalue weighted by atomic mass is 32.3. The van der Waals surface area contributed by atoms with Gasteiger partial charge in [-0.25, -0.2) is 30.5 Å². The van der Waals surface area contributed by atoms with Gasteiger partial charge in [-0.2, -0.15) is 81.5 Å². The number of aliphatic hydroxyl groups is 6. The second-order valence-electron chi connectivity index (χ2n) is 18.7. The van der Waals surface area contributed by atoms with Crippen molar-refractivity contribution in [1.82, 2.24) is 14.2 Å². The van der Waals surface area contributed by atoms with Crippen LogP contribution in [0.15, 0.2) is 0 Å². The lowest BCUT2D eigenvalue weighted by molar-refractivity contribution is -0.373. The molecule has 60 heteroatoms. The minimum Gasteiger partial charge on any atom is -0.479 e. The molecular formula is C31H53N3O49S8. The van der Waals surface area contributed by atoms with E-state index in [9.17, 15) is 150 Å². The van der Waals surface area contributed by atoms with Crippen molar-refractivity contribution in [2.24, 2.45) is 0 Å². The van der Waals surface area contributed by atoms with E-state index in [1.807, 2.05) is 0 Å². The summed E-state index contributed by atoms with van der Waals surface area (Å²) in [6, 6.07) is -8.17. The van der Waals surface area contributed by atoms with Crippen molar-refractivity contribution in [2.45, 2.75) is 153 Å². The van der Waals surface area contributed by atoms with Crippen LogP contribution in [0.2, 0.25) is 0 Å². The number of methoxy groups -OCH3 is 1. The number of carbonyl (C=O) groups is 2. The molecule has 0 unspecified atom stereocenters. The predicted octanol–water partition coefficient (Wildman–Crippen LogP) is -13.8. The van der Waals surface area contributed by atoms with Crippen molar-refractivity contribution in [1.29, 1.82) is 0 Å². The van der Waals surface area contributed by atoms with Crippen molar-refractivity contribution in [2.75, 3.05) is 26.9 Å². The molecule has 5 saturated heterocycles. The SMILES string of the molecule is CO[C@H]1O[C@H](COS(=O)(=O)O)[C@@H](O[C@@H]2O[C@@H](C(=O)O)[C@@H](O[C@H]3O[C@H](COS(=O)(=O)O)[C@@H](O[C@@H]4O[C@H](C(=O)O)[C@@H](O[C@H]5O[C@H](COS(=O)(=O)O)[C@@H](O)[C@H](O)[C@H]5NS(=O)(=O)O)[C@H](O)[C@H]4O)[C@H](OS(=O)(=O)O)[C@H]3NS(=O)(=O)O)[C@H](O)[C@H]2OS(=O)(=O)O)[C@H](O)[C@H]1NS(=O)(=O)O. The van der Waals surface area contributed by atoms with E-state index >= 15 is 0 Å². The Morgan fingerprint density at radius 1 is 0.352 bits per heavy atom. The molecule has 0 aromatic carbocycles. The molecule has 0 amide bonds. The molecule has 25 atom stereocenters. The van der Waals surface area contributed by atoms with Gasteiger partial charge in [-0.1, -0.05) is 0 Å². The Balaban J connectivity index is 1.60. The van der Waals surface area contributed by atoms with Crippen LogP contribution in [0.4, 0.5) is 0 Å². The van der Waals surface area contributed by atoms with E-state index in [1.54, 1.807) is 0 Å². The van der Waals surface area contributed by atoms with Gasteiger partial charge in [-0.05, 0) is 0 Å². The molecular weight excluding hydrogens is 1450 g/mol. The summed E-state index contributed by atoms with van der Waals surface area (Å²) in [6.07, 6.45) is -63.6. The van der Waals surface area contributed by atoms with Crippen molar-refractivity contribution in [3.63, 3.8) is 0 Å². The average Bonchev–Trinajstić information content (AvgIpc) is 0.767. The molecule has 19 N–H and O–H groups in total. The Morgan fingerprint density at radius 2 is 0.703 bits per heavy atom. The number of carboxylic acids is 2.